The number of ether oxygens (including phenoxy) is 2. The number of fused-ring (bicyclic) bond motifs is 1. The Hall–Kier alpha value is -4.01. The van der Waals surface area contributed by atoms with Gasteiger partial charge in [-0.15, -0.1) is 0 Å². The van der Waals surface area contributed by atoms with Crippen LogP contribution in [0.15, 0.2) is 30.5 Å². The molecule has 36 heavy (non-hydrogen) atoms. The Morgan fingerprint density at radius 2 is 2.00 bits per heavy atom. The van der Waals surface area contributed by atoms with Crippen LogP contribution >= 0.6 is 0 Å². The van der Waals surface area contributed by atoms with Crippen LogP contribution in [-0.4, -0.2) is 78.1 Å². The van der Waals surface area contributed by atoms with Gasteiger partial charge in [0.2, 0.25) is 5.54 Å². The van der Waals surface area contributed by atoms with Gasteiger partial charge >= 0.3 is 6.03 Å². The maximum absolute atomic E-state index is 14.7. The molecule has 1 aromatic heterocycles. The van der Waals surface area contributed by atoms with Gasteiger partial charge in [0.15, 0.2) is 11.6 Å². The van der Waals surface area contributed by atoms with E-state index in [1.54, 1.807) is 18.3 Å². The zero-order chi connectivity index (χ0) is 25.3. The first kappa shape index (κ1) is 23.7. The quantitative estimate of drug-likeness (QED) is 0.465. The van der Waals surface area contributed by atoms with E-state index in [0.29, 0.717) is 30.9 Å². The van der Waals surface area contributed by atoms with E-state index in [2.05, 4.69) is 32.4 Å². The molecule has 3 aliphatic rings. The molecule has 1 aromatic carbocycles. The predicted octanol–water partition coefficient (Wildman–Crippen LogP) is 0.647. The number of methoxy groups -OCH3 is 1. The summed E-state index contributed by atoms with van der Waals surface area (Å²) in [5.74, 6) is 3.63. The lowest BCUT2D eigenvalue weighted by molar-refractivity contribution is -0.122. The van der Waals surface area contributed by atoms with Crippen molar-refractivity contribution in [2.75, 3.05) is 40.0 Å². The van der Waals surface area contributed by atoms with Gasteiger partial charge < -0.3 is 19.7 Å². The number of nitrogens with one attached hydrogen (secondary N) is 2. The lowest BCUT2D eigenvalue weighted by Crippen LogP contribution is -2.54. The van der Waals surface area contributed by atoms with Crippen LogP contribution in [0.3, 0.4) is 0 Å². The van der Waals surface area contributed by atoms with Crippen molar-refractivity contribution in [3.63, 3.8) is 0 Å². The van der Waals surface area contributed by atoms with E-state index < -0.39 is 29.2 Å². The lowest BCUT2D eigenvalue weighted by Gasteiger charge is -2.26. The second-order valence-electron chi connectivity index (χ2n) is 8.77. The van der Waals surface area contributed by atoms with Gasteiger partial charge in [0, 0.05) is 37.9 Å². The van der Waals surface area contributed by atoms with Crippen LogP contribution in [0.5, 0.6) is 5.75 Å². The van der Waals surface area contributed by atoms with Gasteiger partial charge in [-0.1, -0.05) is 17.9 Å². The molecule has 3 aliphatic heterocycles. The SMILES string of the molecule is COc1ccc2c(c1F)C(=O)N(CC1(C#Cc3ccc(CN4CCOCC4)nc3)NC(=O)NC1=O)C2. The topological polar surface area (TPSA) is 113 Å². The molecule has 0 spiro atoms. The maximum atomic E-state index is 14.7. The molecule has 4 amide bonds. The highest BCUT2D eigenvalue weighted by Crippen LogP contribution is 2.32. The highest BCUT2D eigenvalue weighted by Gasteiger charge is 2.48. The van der Waals surface area contributed by atoms with Crippen LogP contribution in [0.4, 0.5) is 9.18 Å². The minimum atomic E-state index is -1.69. The van der Waals surface area contributed by atoms with Crippen LogP contribution in [0, 0.1) is 17.7 Å². The average molecular weight is 493 g/mol. The molecule has 2 fully saturated rings. The fourth-order valence-corrected chi connectivity index (χ4v) is 4.46. The van der Waals surface area contributed by atoms with Crippen molar-refractivity contribution in [2.24, 2.45) is 0 Å². The van der Waals surface area contributed by atoms with Gasteiger partial charge in [-0.25, -0.2) is 9.18 Å². The Kier molecular flexibility index (Phi) is 6.30. The third-order valence-electron chi connectivity index (χ3n) is 6.38. The number of benzene rings is 1. The molecule has 2 saturated heterocycles. The van der Waals surface area contributed by atoms with Gasteiger partial charge in [-0.05, 0) is 23.8 Å². The molecule has 2 N–H and O–H groups in total. The zero-order valence-corrected chi connectivity index (χ0v) is 19.6. The molecule has 0 aliphatic carbocycles. The molecule has 2 aromatic rings. The average Bonchev–Trinajstić information content (AvgIpc) is 3.34. The summed E-state index contributed by atoms with van der Waals surface area (Å²) in [6.45, 7) is 3.59. The van der Waals surface area contributed by atoms with E-state index in [0.717, 1.165) is 18.8 Å². The second kappa shape index (κ2) is 9.56. The first-order chi connectivity index (χ1) is 17.4. The number of amides is 4. The minimum Gasteiger partial charge on any atom is -0.494 e. The number of urea groups is 1. The Labute approximate surface area is 206 Å². The van der Waals surface area contributed by atoms with E-state index in [-0.39, 0.29) is 24.4 Å². The van der Waals surface area contributed by atoms with Gasteiger partial charge in [0.1, 0.15) is 0 Å². The fourth-order valence-electron chi connectivity index (χ4n) is 4.46. The molecule has 0 radical (unpaired) electrons. The fraction of sp³-hybridized carbons (Fsp3) is 0.360. The minimum absolute atomic E-state index is 0.0464. The predicted molar refractivity (Wildman–Crippen MR) is 124 cm³/mol. The molecule has 1 unspecified atom stereocenters. The van der Waals surface area contributed by atoms with Crippen LogP contribution in [0.25, 0.3) is 0 Å². The van der Waals surface area contributed by atoms with Crippen molar-refractivity contribution in [3.05, 3.63) is 58.7 Å². The first-order valence-corrected chi connectivity index (χ1v) is 11.4. The lowest BCUT2D eigenvalue weighted by atomic mass is 9.99. The number of hydrogen-bond donors (Lipinski definition) is 2. The van der Waals surface area contributed by atoms with Crippen molar-refractivity contribution < 1.29 is 28.2 Å². The summed E-state index contributed by atoms with van der Waals surface area (Å²) in [6, 6.07) is 5.98. The number of nitrogens with zero attached hydrogens (tertiary/aromatic N) is 3. The molecule has 11 heteroatoms. The molecule has 4 heterocycles. The zero-order valence-electron chi connectivity index (χ0n) is 19.6. The number of rotatable bonds is 5. The summed E-state index contributed by atoms with van der Waals surface area (Å²) < 4.78 is 25.1. The third kappa shape index (κ3) is 4.48. The number of morpholine rings is 1. The Bertz CT molecular complexity index is 1280. The molecule has 0 bridgehead atoms. The molecule has 5 rings (SSSR count). The molecule has 1 atom stereocenters. The molecule has 0 saturated carbocycles. The number of pyridine rings is 1. The largest absolute Gasteiger partial charge is 0.494 e. The van der Waals surface area contributed by atoms with Crippen LogP contribution in [0.1, 0.15) is 27.2 Å². The summed E-state index contributed by atoms with van der Waals surface area (Å²) in [7, 11) is 1.31. The van der Waals surface area contributed by atoms with E-state index in [1.807, 2.05) is 6.07 Å². The Morgan fingerprint density at radius 3 is 2.67 bits per heavy atom. The number of halogens is 1. The van der Waals surface area contributed by atoms with E-state index >= 15 is 0 Å². The van der Waals surface area contributed by atoms with Crippen molar-refractivity contribution in [3.8, 4) is 17.6 Å². The summed E-state index contributed by atoms with van der Waals surface area (Å²) in [4.78, 5) is 45.8. The molecule has 186 valence electrons. The number of hydrogen-bond acceptors (Lipinski definition) is 7. The standard InChI is InChI=1S/C25H24FN5O5/c1-35-19-5-3-17-13-31(22(32)20(17)21(19)26)15-25(23(33)28-24(34)29-25)7-6-16-2-4-18(27-12-16)14-30-8-10-36-11-9-30/h2-5,12H,8-11,13-15H2,1H3,(H2,28,29,33,34). The number of carbonyl (C=O) groups excluding carboxylic acids is 3. The number of carbonyl (C=O) groups is 3. The smallest absolute Gasteiger partial charge is 0.323 e. The van der Waals surface area contributed by atoms with Gasteiger partial charge in [0.05, 0.1) is 38.1 Å². The van der Waals surface area contributed by atoms with E-state index in [9.17, 15) is 18.8 Å². The Balaban J connectivity index is 1.36. The van der Waals surface area contributed by atoms with Crippen LogP contribution in [-0.2, 0) is 22.6 Å². The maximum Gasteiger partial charge on any atom is 0.323 e. The summed E-state index contributed by atoms with van der Waals surface area (Å²) in [6.07, 6.45) is 1.60. The number of imide groups is 1. The van der Waals surface area contributed by atoms with Crippen molar-refractivity contribution in [1.29, 1.82) is 0 Å². The van der Waals surface area contributed by atoms with Gasteiger partial charge in [0.25, 0.3) is 11.8 Å². The molecular weight excluding hydrogens is 469 g/mol. The van der Waals surface area contributed by atoms with Crippen molar-refractivity contribution in [1.82, 2.24) is 25.4 Å². The first-order valence-electron chi connectivity index (χ1n) is 11.4. The third-order valence-corrected chi connectivity index (χ3v) is 6.38. The second-order valence-corrected chi connectivity index (χ2v) is 8.77. The summed E-state index contributed by atoms with van der Waals surface area (Å²) >= 11 is 0. The van der Waals surface area contributed by atoms with E-state index in [4.69, 9.17) is 9.47 Å². The molecule has 10 nitrogen and oxygen atoms in total. The Morgan fingerprint density at radius 1 is 1.19 bits per heavy atom. The van der Waals surface area contributed by atoms with Gasteiger partial charge in [-0.2, -0.15) is 0 Å². The molecular formula is C25H24FN5O5. The summed E-state index contributed by atoms with van der Waals surface area (Å²) in [5.41, 5.74) is 0.0817. The highest BCUT2D eigenvalue weighted by atomic mass is 19.1. The normalized spacial score (nSPS) is 21.5. The van der Waals surface area contributed by atoms with Crippen molar-refractivity contribution >= 4 is 17.8 Å². The van der Waals surface area contributed by atoms with Gasteiger partial charge in [-0.3, -0.25) is 24.8 Å². The van der Waals surface area contributed by atoms with E-state index in [1.165, 1.54) is 18.1 Å². The monoisotopic (exact) mass is 493 g/mol. The summed E-state index contributed by atoms with van der Waals surface area (Å²) in [5, 5.41) is 4.72. The van der Waals surface area contributed by atoms with Crippen LogP contribution in [0.2, 0.25) is 0 Å². The van der Waals surface area contributed by atoms with Crippen molar-refractivity contribution in [2.45, 2.75) is 18.6 Å². The highest BCUT2D eigenvalue weighted by molar-refractivity contribution is 6.10. The van der Waals surface area contributed by atoms with Crippen LogP contribution < -0.4 is 15.4 Å². The number of aromatic nitrogens is 1.